The van der Waals surface area contributed by atoms with Gasteiger partial charge in [0.15, 0.2) is 0 Å². The standard InChI is InChI=1S/C8H7.2ClH.Mo/c1-2-4-7(3-1)8-5-6-8;;;/h1,3,5H,2,6H2;2*1H;/q-1;;;. The average Bonchev–Trinajstić information content (AvgIpc) is 2.49. The fourth-order valence-electron chi connectivity index (χ4n) is 0.896. The predicted octanol–water partition coefficient (Wildman–Crippen LogP) is 2.85. The van der Waals surface area contributed by atoms with Crippen molar-refractivity contribution in [2.45, 2.75) is 12.8 Å². The smallest absolute Gasteiger partial charge is 0 e. The van der Waals surface area contributed by atoms with Crippen LogP contribution in [0.1, 0.15) is 12.8 Å². The van der Waals surface area contributed by atoms with Crippen molar-refractivity contribution in [3.8, 4) is 0 Å². The summed E-state index contributed by atoms with van der Waals surface area (Å²) in [5.41, 5.74) is 2.82. The molecule has 0 N–H and O–H groups in total. The molecule has 0 nitrogen and oxygen atoms in total. The van der Waals surface area contributed by atoms with Gasteiger partial charge in [-0.1, -0.05) is 12.8 Å². The second-order valence-electron chi connectivity index (χ2n) is 2.13. The summed E-state index contributed by atoms with van der Waals surface area (Å²) in [6.45, 7) is 0. The van der Waals surface area contributed by atoms with Crippen LogP contribution < -0.4 is 0 Å². The van der Waals surface area contributed by atoms with Crippen LogP contribution in [0.15, 0.2) is 29.4 Å². The Morgan fingerprint density at radius 1 is 1.27 bits per heavy atom. The summed E-state index contributed by atoms with van der Waals surface area (Å²) < 4.78 is 0. The van der Waals surface area contributed by atoms with E-state index in [4.69, 9.17) is 0 Å². The first kappa shape index (κ1) is 14.0. The van der Waals surface area contributed by atoms with Crippen molar-refractivity contribution in [2.75, 3.05) is 0 Å². The summed E-state index contributed by atoms with van der Waals surface area (Å²) in [7, 11) is 0. The molecule has 0 spiro atoms. The third-order valence-corrected chi connectivity index (χ3v) is 1.45. The van der Waals surface area contributed by atoms with Crippen LogP contribution >= 0.6 is 24.8 Å². The van der Waals surface area contributed by atoms with Gasteiger partial charge in [-0.3, -0.25) is 0 Å². The molecule has 2 aliphatic carbocycles. The van der Waals surface area contributed by atoms with E-state index < -0.39 is 0 Å². The van der Waals surface area contributed by atoms with E-state index in [9.17, 15) is 0 Å². The minimum Gasteiger partial charge on any atom is -0.198 e. The van der Waals surface area contributed by atoms with Crippen LogP contribution in [0, 0.1) is 6.08 Å². The van der Waals surface area contributed by atoms with Gasteiger partial charge >= 0.3 is 0 Å². The van der Waals surface area contributed by atoms with Gasteiger partial charge in [0.1, 0.15) is 0 Å². The number of halogens is 2. The van der Waals surface area contributed by atoms with E-state index in [-0.39, 0.29) is 45.9 Å². The fraction of sp³-hybridized carbons (Fsp3) is 0.250. The summed E-state index contributed by atoms with van der Waals surface area (Å²) in [6, 6.07) is 0. The van der Waals surface area contributed by atoms with E-state index in [0.717, 1.165) is 6.42 Å². The second-order valence-corrected chi connectivity index (χ2v) is 2.13. The maximum atomic E-state index is 3.26. The number of rotatable bonds is 1. The minimum absolute atomic E-state index is 0. The molecule has 2 rings (SSSR count). The third-order valence-electron chi connectivity index (χ3n) is 1.45. The van der Waals surface area contributed by atoms with Crippen molar-refractivity contribution in [2.24, 2.45) is 0 Å². The van der Waals surface area contributed by atoms with Crippen molar-refractivity contribution < 1.29 is 21.1 Å². The van der Waals surface area contributed by atoms with Crippen LogP contribution in [0.2, 0.25) is 0 Å². The fourth-order valence-corrected chi connectivity index (χ4v) is 0.896. The predicted molar refractivity (Wildman–Crippen MR) is 47.7 cm³/mol. The molecule has 0 heterocycles. The Hall–Kier alpha value is 0.488. The van der Waals surface area contributed by atoms with Gasteiger partial charge in [0, 0.05) is 21.1 Å². The van der Waals surface area contributed by atoms with Gasteiger partial charge in [0.05, 0.1) is 0 Å². The van der Waals surface area contributed by atoms with Gasteiger partial charge in [0.25, 0.3) is 0 Å². The molecule has 11 heavy (non-hydrogen) atoms. The molecule has 2 aliphatic rings. The summed E-state index contributed by atoms with van der Waals surface area (Å²) in [5.74, 6) is 0. The summed E-state index contributed by atoms with van der Waals surface area (Å²) in [4.78, 5) is 0. The van der Waals surface area contributed by atoms with Gasteiger partial charge in [-0.05, 0) is 0 Å². The van der Waals surface area contributed by atoms with Crippen LogP contribution in [-0.2, 0) is 21.1 Å². The molecule has 0 fully saturated rings. The van der Waals surface area contributed by atoms with E-state index in [2.05, 4.69) is 24.3 Å². The van der Waals surface area contributed by atoms with Crippen molar-refractivity contribution in [3.05, 3.63) is 35.5 Å². The monoisotopic (exact) mass is 273 g/mol. The Kier molecular flexibility index (Phi) is 7.73. The topological polar surface area (TPSA) is 0 Å². The normalized spacial score (nSPS) is 16.7. The molecule has 0 radical (unpaired) electrons. The summed E-state index contributed by atoms with van der Waals surface area (Å²) in [5, 5.41) is 0. The molecule has 0 atom stereocenters. The van der Waals surface area contributed by atoms with Gasteiger partial charge < -0.3 is 0 Å². The Morgan fingerprint density at radius 2 is 1.91 bits per heavy atom. The SMILES string of the molecule is Cl.Cl.[C-]1=C(C2=CC2)C=CC1.[Mo]. The second kappa shape index (κ2) is 6.05. The Morgan fingerprint density at radius 3 is 2.27 bits per heavy atom. The maximum Gasteiger partial charge on any atom is 0 e. The molecule has 0 unspecified atom stereocenters. The molecule has 0 aromatic carbocycles. The number of hydrogen-bond donors (Lipinski definition) is 0. The van der Waals surface area contributed by atoms with Crippen LogP contribution in [0.3, 0.4) is 0 Å². The first-order valence-corrected chi connectivity index (χ1v) is 2.93. The van der Waals surface area contributed by atoms with Crippen LogP contribution in [-0.4, -0.2) is 0 Å². The van der Waals surface area contributed by atoms with Gasteiger partial charge in [-0.15, -0.1) is 37.0 Å². The van der Waals surface area contributed by atoms with Gasteiger partial charge in [0.2, 0.25) is 0 Å². The quantitative estimate of drug-likeness (QED) is 0.508. The molecule has 0 bridgehead atoms. The van der Waals surface area contributed by atoms with E-state index in [1.165, 1.54) is 17.6 Å². The van der Waals surface area contributed by atoms with Crippen molar-refractivity contribution in [1.82, 2.24) is 0 Å². The molecule has 0 aromatic heterocycles. The van der Waals surface area contributed by atoms with E-state index in [1.54, 1.807) is 0 Å². The molecule has 0 saturated heterocycles. The minimum atomic E-state index is 0. The van der Waals surface area contributed by atoms with Crippen LogP contribution in [0.25, 0.3) is 0 Å². The number of allylic oxidation sites excluding steroid dienone is 6. The van der Waals surface area contributed by atoms with Crippen molar-refractivity contribution in [1.29, 1.82) is 0 Å². The molecular weight excluding hydrogens is 263 g/mol. The van der Waals surface area contributed by atoms with Gasteiger partial charge in [-0.2, -0.15) is 23.3 Å². The van der Waals surface area contributed by atoms with E-state index in [0.29, 0.717) is 0 Å². The maximum absolute atomic E-state index is 3.26. The molecule has 0 aliphatic heterocycles. The zero-order chi connectivity index (χ0) is 5.40. The molecule has 3 heteroatoms. The Labute approximate surface area is 93.9 Å². The first-order chi connectivity index (χ1) is 3.97. The van der Waals surface area contributed by atoms with E-state index >= 15 is 0 Å². The molecular formula is C8H9Cl2Mo-. The number of hydrogen-bond acceptors (Lipinski definition) is 0. The third kappa shape index (κ3) is 3.60. The van der Waals surface area contributed by atoms with Gasteiger partial charge in [-0.25, -0.2) is 0 Å². The zero-order valence-corrected chi connectivity index (χ0v) is 9.51. The largest absolute Gasteiger partial charge is 0.198 e. The Bertz CT molecular complexity index is 204. The zero-order valence-electron chi connectivity index (χ0n) is 5.87. The summed E-state index contributed by atoms with van der Waals surface area (Å²) >= 11 is 0. The average molecular weight is 272 g/mol. The Balaban J connectivity index is 0. The summed E-state index contributed by atoms with van der Waals surface area (Å²) in [6.07, 6.45) is 12.0. The molecule has 0 aromatic rings. The molecule has 0 saturated carbocycles. The van der Waals surface area contributed by atoms with Crippen LogP contribution in [0.4, 0.5) is 0 Å². The van der Waals surface area contributed by atoms with Crippen molar-refractivity contribution in [3.63, 3.8) is 0 Å². The molecule has 62 valence electrons. The first-order valence-electron chi connectivity index (χ1n) is 2.93. The van der Waals surface area contributed by atoms with E-state index in [1.807, 2.05) is 0 Å². The van der Waals surface area contributed by atoms with Crippen LogP contribution in [0.5, 0.6) is 0 Å². The molecule has 0 amide bonds. The van der Waals surface area contributed by atoms with Crippen molar-refractivity contribution >= 4 is 24.8 Å².